The Morgan fingerprint density at radius 1 is 1.38 bits per heavy atom. The number of nitrogens with one attached hydrogen (secondary N) is 1. The first-order valence-electron chi connectivity index (χ1n) is 6.44. The molecule has 11 heteroatoms. The van der Waals surface area contributed by atoms with Gasteiger partial charge >= 0.3 is 5.97 Å². The number of nitrogens with two attached hydrogens (primary N) is 1. The van der Waals surface area contributed by atoms with Gasteiger partial charge in [-0.2, -0.15) is 0 Å². The summed E-state index contributed by atoms with van der Waals surface area (Å²) in [6.07, 6.45) is -0.242. The number of carboxylic acid groups (broad SMARTS) is 1. The number of carbonyl (C=O) groups is 2. The number of thiazole rings is 1. The molecule has 0 bridgehead atoms. The average Bonchev–Trinajstić information content (AvgIpc) is 2.96. The predicted molar refractivity (Wildman–Crippen MR) is 84.0 cm³/mol. The number of hydrogen-bond donors (Lipinski definition) is 3. The highest BCUT2D eigenvalue weighted by Gasteiger charge is 2.22. The van der Waals surface area contributed by atoms with Gasteiger partial charge in [-0.15, -0.1) is 11.3 Å². The number of aromatic nitrogens is 1. The average molecular weight is 373 g/mol. The van der Waals surface area contributed by atoms with E-state index < -0.39 is 38.2 Å². The lowest BCUT2D eigenvalue weighted by Gasteiger charge is -2.08. The standard InChI is InChI=1S/C13H12FN3O5S2/c14-10-4-9(2-1-7(10)3-8(18)5-15)24(21,22)17-12-11(13(19)20)16-6-23-12/h1-2,4,6,17H,3,5,15H2,(H,19,20). The molecule has 0 atom stereocenters. The smallest absolute Gasteiger partial charge is 0.357 e. The molecular formula is C13H12FN3O5S2. The topological polar surface area (TPSA) is 139 Å². The van der Waals surface area contributed by atoms with E-state index in [0.29, 0.717) is 0 Å². The summed E-state index contributed by atoms with van der Waals surface area (Å²) in [6, 6.07) is 3.04. The second kappa shape index (κ2) is 7.03. The lowest BCUT2D eigenvalue weighted by atomic mass is 10.1. The van der Waals surface area contributed by atoms with Crippen molar-refractivity contribution in [3.05, 3.63) is 40.8 Å². The Hall–Kier alpha value is -2.37. The minimum atomic E-state index is -4.21. The number of anilines is 1. The first kappa shape index (κ1) is 18.0. The lowest BCUT2D eigenvalue weighted by Crippen LogP contribution is -2.17. The number of nitrogens with zero attached hydrogens (tertiary/aromatic N) is 1. The van der Waals surface area contributed by atoms with Crippen molar-refractivity contribution in [1.29, 1.82) is 0 Å². The number of carbonyl (C=O) groups excluding carboxylic acids is 1. The molecule has 24 heavy (non-hydrogen) atoms. The van der Waals surface area contributed by atoms with Crippen molar-refractivity contribution in [2.75, 3.05) is 11.3 Å². The maximum Gasteiger partial charge on any atom is 0.357 e. The molecule has 1 aromatic heterocycles. The van der Waals surface area contributed by atoms with Gasteiger partial charge in [-0.3, -0.25) is 9.52 Å². The summed E-state index contributed by atoms with van der Waals surface area (Å²) in [5.41, 5.74) is 5.89. The van der Waals surface area contributed by atoms with E-state index in [4.69, 9.17) is 10.8 Å². The molecule has 0 unspecified atom stereocenters. The molecule has 0 radical (unpaired) electrons. The van der Waals surface area contributed by atoms with Crippen molar-refractivity contribution in [3.8, 4) is 0 Å². The number of carboxylic acids is 1. The molecule has 2 rings (SSSR count). The fraction of sp³-hybridized carbons (Fsp3) is 0.154. The molecule has 0 aliphatic heterocycles. The Morgan fingerprint density at radius 2 is 2.08 bits per heavy atom. The molecule has 0 amide bonds. The molecule has 1 aromatic carbocycles. The van der Waals surface area contributed by atoms with Gasteiger partial charge in [0, 0.05) is 6.42 Å². The van der Waals surface area contributed by atoms with Crippen LogP contribution in [-0.2, 0) is 21.2 Å². The molecule has 0 spiro atoms. The number of rotatable bonds is 7. The fourth-order valence-corrected chi connectivity index (χ4v) is 3.78. The largest absolute Gasteiger partial charge is 0.476 e. The highest BCUT2D eigenvalue weighted by Crippen LogP contribution is 2.25. The molecule has 0 aliphatic rings. The molecule has 8 nitrogen and oxygen atoms in total. The van der Waals surface area contributed by atoms with Crippen LogP contribution in [0.25, 0.3) is 0 Å². The van der Waals surface area contributed by atoms with E-state index in [-0.39, 0.29) is 23.5 Å². The van der Waals surface area contributed by atoms with Gasteiger partial charge in [0.1, 0.15) is 10.8 Å². The highest BCUT2D eigenvalue weighted by atomic mass is 32.2. The van der Waals surface area contributed by atoms with Gasteiger partial charge < -0.3 is 10.8 Å². The monoisotopic (exact) mass is 373 g/mol. The summed E-state index contributed by atoms with van der Waals surface area (Å²) in [6.45, 7) is -0.246. The van der Waals surface area contributed by atoms with Crippen molar-refractivity contribution in [3.63, 3.8) is 0 Å². The number of sulfonamides is 1. The molecular weight excluding hydrogens is 361 g/mol. The van der Waals surface area contributed by atoms with Gasteiger partial charge in [0.2, 0.25) is 0 Å². The number of benzene rings is 1. The van der Waals surface area contributed by atoms with Crippen LogP contribution >= 0.6 is 11.3 Å². The van der Waals surface area contributed by atoms with E-state index in [1.807, 2.05) is 0 Å². The number of halogens is 1. The number of ketones is 1. The van der Waals surface area contributed by atoms with Crippen LogP contribution in [0.4, 0.5) is 9.39 Å². The molecule has 2 aromatic rings. The Morgan fingerprint density at radius 3 is 2.67 bits per heavy atom. The van der Waals surface area contributed by atoms with Gasteiger partial charge in [0.05, 0.1) is 17.0 Å². The van der Waals surface area contributed by atoms with E-state index >= 15 is 0 Å². The van der Waals surface area contributed by atoms with Crippen LogP contribution in [0.2, 0.25) is 0 Å². The van der Waals surface area contributed by atoms with Crippen molar-refractivity contribution < 1.29 is 27.5 Å². The zero-order valence-electron chi connectivity index (χ0n) is 12.0. The minimum Gasteiger partial charge on any atom is -0.476 e. The van der Waals surface area contributed by atoms with Gasteiger partial charge in [0.15, 0.2) is 11.5 Å². The van der Waals surface area contributed by atoms with Gasteiger partial charge in [0.25, 0.3) is 10.0 Å². The minimum absolute atomic E-state index is 0.0217. The first-order valence-corrected chi connectivity index (χ1v) is 8.80. The summed E-state index contributed by atoms with van der Waals surface area (Å²) >= 11 is 0.784. The summed E-state index contributed by atoms with van der Waals surface area (Å²) in [5.74, 6) is -2.66. The van der Waals surface area contributed by atoms with Crippen LogP contribution in [0.15, 0.2) is 28.6 Å². The summed E-state index contributed by atoms with van der Waals surface area (Å²) < 4.78 is 40.5. The van der Waals surface area contributed by atoms with Crippen molar-refractivity contribution >= 4 is 38.1 Å². The molecule has 0 saturated carbocycles. The molecule has 0 saturated heterocycles. The SMILES string of the molecule is NCC(=O)Cc1ccc(S(=O)(=O)Nc2scnc2C(=O)O)cc1F. The van der Waals surface area contributed by atoms with E-state index in [2.05, 4.69) is 9.71 Å². The fourth-order valence-electron chi connectivity index (χ4n) is 1.78. The third-order valence-electron chi connectivity index (χ3n) is 2.95. The number of Topliss-reactive ketones (excluding diaryl/α,β-unsaturated/α-hetero) is 1. The van der Waals surface area contributed by atoms with Crippen LogP contribution in [0, 0.1) is 5.82 Å². The quantitative estimate of drug-likeness (QED) is 0.654. The van der Waals surface area contributed by atoms with E-state index in [1.54, 1.807) is 0 Å². The van der Waals surface area contributed by atoms with Crippen LogP contribution < -0.4 is 10.5 Å². The van der Waals surface area contributed by atoms with Crippen molar-refractivity contribution in [1.82, 2.24) is 4.98 Å². The van der Waals surface area contributed by atoms with E-state index in [1.165, 1.54) is 11.6 Å². The predicted octanol–water partition coefficient (Wildman–Crippen LogP) is 0.851. The highest BCUT2D eigenvalue weighted by molar-refractivity contribution is 7.93. The zero-order valence-corrected chi connectivity index (χ0v) is 13.7. The van der Waals surface area contributed by atoms with E-state index in [0.717, 1.165) is 23.5 Å². The molecule has 4 N–H and O–H groups in total. The first-order chi connectivity index (χ1) is 11.2. The molecule has 0 aliphatic carbocycles. The summed E-state index contributed by atoms with van der Waals surface area (Å²) in [4.78, 5) is 25.3. The Balaban J connectivity index is 2.29. The maximum atomic E-state index is 14.0. The normalized spacial score (nSPS) is 11.2. The summed E-state index contributed by atoms with van der Waals surface area (Å²) in [5, 5.41) is 8.73. The third kappa shape index (κ3) is 3.93. The Labute approximate surface area is 140 Å². The van der Waals surface area contributed by atoms with Crippen LogP contribution in [0.1, 0.15) is 16.1 Å². The number of aromatic carboxylic acids is 1. The van der Waals surface area contributed by atoms with Crippen molar-refractivity contribution in [2.24, 2.45) is 5.73 Å². The Bertz CT molecular complexity index is 895. The second-order valence-electron chi connectivity index (χ2n) is 4.61. The van der Waals surface area contributed by atoms with Crippen LogP contribution in [0.5, 0.6) is 0 Å². The lowest BCUT2D eigenvalue weighted by molar-refractivity contribution is -0.117. The Kier molecular flexibility index (Phi) is 5.26. The second-order valence-corrected chi connectivity index (χ2v) is 7.15. The third-order valence-corrected chi connectivity index (χ3v) is 5.17. The maximum absolute atomic E-state index is 14.0. The number of hydrogen-bond acceptors (Lipinski definition) is 7. The van der Waals surface area contributed by atoms with Gasteiger partial charge in [-0.05, 0) is 17.7 Å². The molecule has 0 fully saturated rings. The van der Waals surface area contributed by atoms with Crippen molar-refractivity contribution in [2.45, 2.75) is 11.3 Å². The van der Waals surface area contributed by atoms with Crippen LogP contribution in [0.3, 0.4) is 0 Å². The van der Waals surface area contributed by atoms with Crippen LogP contribution in [-0.4, -0.2) is 36.8 Å². The molecule has 1 heterocycles. The van der Waals surface area contributed by atoms with E-state index in [9.17, 15) is 22.4 Å². The summed E-state index contributed by atoms with van der Waals surface area (Å²) in [7, 11) is -4.21. The zero-order chi connectivity index (χ0) is 17.9. The van der Waals surface area contributed by atoms with Gasteiger partial charge in [-0.25, -0.2) is 22.6 Å². The van der Waals surface area contributed by atoms with Gasteiger partial charge in [-0.1, -0.05) is 6.07 Å². The molecule has 128 valence electrons.